The first kappa shape index (κ1) is 8.60. The third-order valence-corrected chi connectivity index (χ3v) is 6.06. The minimum Gasteiger partial charge on any atom is -0.459 e. The zero-order valence-electron chi connectivity index (χ0n) is 9.45. The van der Waals surface area contributed by atoms with Crippen LogP contribution in [0.5, 0.6) is 0 Å². The smallest absolute Gasteiger partial charge is 0.303 e. The van der Waals surface area contributed by atoms with Gasteiger partial charge >= 0.3 is 5.97 Å². The van der Waals surface area contributed by atoms with Crippen LogP contribution in [0.1, 0.15) is 39.5 Å². The van der Waals surface area contributed by atoms with E-state index in [1.54, 1.807) is 6.92 Å². The molecule has 2 nitrogen and oxygen atoms in total. The molecule has 4 saturated carbocycles. The highest BCUT2D eigenvalue weighted by Crippen LogP contribution is 2.83. The van der Waals surface area contributed by atoms with Crippen molar-refractivity contribution in [2.75, 3.05) is 0 Å². The summed E-state index contributed by atoms with van der Waals surface area (Å²) in [6, 6.07) is 0. The van der Waals surface area contributed by atoms with Crippen LogP contribution in [-0.2, 0) is 9.53 Å². The number of fused-ring (bicyclic) bond motifs is 1. The van der Waals surface area contributed by atoms with Crippen LogP contribution in [0.4, 0.5) is 0 Å². The van der Waals surface area contributed by atoms with E-state index in [-0.39, 0.29) is 11.6 Å². The van der Waals surface area contributed by atoms with Crippen molar-refractivity contribution in [2.24, 2.45) is 29.1 Å². The summed E-state index contributed by atoms with van der Waals surface area (Å²) in [6.45, 7) is 3.77. The molecule has 0 saturated heterocycles. The number of hydrogen-bond donors (Lipinski definition) is 0. The predicted molar refractivity (Wildman–Crippen MR) is 55.0 cm³/mol. The van der Waals surface area contributed by atoms with E-state index < -0.39 is 0 Å². The fraction of sp³-hybridized carbons (Fsp3) is 0.923. The molecule has 4 rings (SSSR count). The Morgan fingerprint density at radius 2 is 2.13 bits per heavy atom. The summed E-state index contributed by atoms with van der Waals surface area (Å²) in [5.41, 5.74) is 0.537. The van der Waals surface area contributed by atoms with Gasteiger partial charge in [0, 0.05) is 12.8 Å². The molecule has 0 aliphatic heterocycles. The van der Waals surface area contributed by atoms with Gasteiger partial charge in [0.25, 0.3) is 0 Å². The molecule has 2 bridgehead atoms. The lowest BCUT2D eigenvalue weighted by atomic mass is 9.60. The van der Waals surface area contributed by atoms with E-state index in [1.165, 1.54) is 25.7 Å². The first-order valence-electron chi connectivity index (χ1n) is 6.26. The lowest BCUT2D eigenvalue weighted by Crippen LogP contribution is -2.47. The lowest BCUT2D eigenvalue weighted by molar-refractivity contribution is -0.170. The first-order chi connectivity index (χ1) is 7.06. The Labute approximate surface area is 90.4 Å². The average Bonchev–Trinajstić information content (AvgIpc) is 2.80. The molecule has 1 spiro atoms. The molecule has 0 amide bonds. The van der Waals surface area contributed by atoms with E-state index in [9.17, 15) is 4.79 Å². The third kappa shape index (κ3) is 0.754. The molecule has 4 fully saturated rings. The number of carbonyl (C=O) groups excluding carboxylic acids is 1. The van der Waals surface area contributed by atoms with Crippen molar-refractivity contribution >= 4 is 5.97 Å². The van der Waals surface area contributed by atoms with Crippen LogP contribution in [0.15, 0.2) is 0 Å². The zero-order valence-corrected chi connectivity index (χ0v) is 9.45. The highest BCUT2D eigenvalue weighted by molar-refractivity contribution is 5.67. The molecule has 0 N–H and O–H groups in total. The van der Waals surface area contributed by atoms with E-state index >= 15 is 0 Å². The fourth-order valence-electron chi connectivity index (χ4n) is 5.48. The molecule has 0 aromatic rings. The second kappa shape index (κ2) is 2.11. The summed E-state index contributed by atoms with van der Waals surface area (Å²) in [5.74, 6) is 3.28. The minimum atomic E-state index is -0.104. The number of ether oxygens (including phenoxy) is 1. The van der Waals surface area contributed by atoms with Crippen molar-refractivity contribution in [3.8, 4) is 0 Å². The highest BCUT2D eigenvalue weighted by Gasteiger charge is 2.80. The topological polar surface area (TPSA) is 26.3 Å². The van der Waals surface area contributed by atoms with Gasteiger partial charge in [-0.25, -0.2) is 0 Å². The summed E-state index contributed by atoms with van der Waals surface area (Å²) in [4.78, 5) is 11.3. The molecule has 82 valence electrons. The molecule has 0 aromatic carbocycles. The van der Waals surface area contributed by atoms with Gasteiger partial charge in [0.05, 0.1) is 0 Å². The molecule has 6 atom stereocenters. The maximum atomic E-state index is 11.3. The molecule has 15 heavy (non-hydrogen) atoms. The molecule has 6 unspecified atom stereocenters. The van der Waals surface area contributed by atoms with E-state index in [4.69, 9.17) is 4.74 Å². The second-order valence-electron chi connectivity index (χ2n) is 6.51. The fourth-order valence-corrected chi connectivity index (χ4v) is 5.48. The van der Waals surface area contributed by atoms with Gasteiger partial charge in [-0.3, -0.25) is 4.79 Å². The van der Waals surface area contributed by atoms with Crippen LogP contribution < -0.4 is 0 Å². The molecular weight excluding hydrogens is 188 g/mol. The number of carbonyl (C=O) groups is 1. The predicted octanol–water partition coefficient (Wildman–Crippen LogP) is 2.37. The van der Waals surface area contributed by atoms with Gasteiger partial charge in [0.2, 0.25) is 0 Å². The largest absolute Gasteiger partial charge is 0.459 e. The number of rotatable bonds is 1. The summed E-state index contributed by atoms with van der Waals surface area (Å²) in [7, 11) is 0. The normalized spacial score (nSPS) is 63.1. The second-order valence-corrected chi connectivity index (χ2v) is 6.51. The van der Waals surface area contributed by atoms with Crippen molar-refractivity contribution in [2.45, 2.75) is 45.1 Å². The van der Waals surface area contributed by atoms with E-state index in [0.717, 1.165) is 11.8 Å². The Morgan fingerprint density at radius 1 is 1.33 bits per heavy atom. The van der Waals surface area contributed by atoms with Crippen LogP contribution >= 0.6 is 0 Å². The maximum absolute atomic E-state index is 11.3. The SMILES string of the molecule is CC(=O)OC1(C)C2CC3CC4(CC41)C3C2. The number of esters is 1. The monoisotopic (exact) mass is 206 g/mol. The molecular formula is C13H18O2. The van der Waals surface area contributed by atoms with Gasteiger partial charge in [-0.15, -0.1) is 0 Å². The molecule has 0 aromatic heterocycles. The lowest BCUT2D eigenvalue weighted by Gasteiger charge is -2.47. The first-order valence-corrected chi connectivity index (χ1v) is 6.26. The van der Waals surface area contributed by atoms with Crippen LogP contribution in [0.2, 0.25) is 0 Å². The van der Waals surface area contributed by atoms with E-state index in [1.807, 2.05) is 0 Å². The van der Waals surface area contributed by atoms with Gasteiger partial charge in [0.1, 0.15) is 5.60 Å². The van der Waals surface area contributed by atoms with Crippen LogP contribution in [0, 0.1) is 29.1 Å². The third-order valence-electron chi connectivity index (χ3n) is 6.06. The van der Waals surface area contributed by atoms with E-state index in [2.05, 4.69) is 6.92 Å². The van der Waals surface area contributed by atoms with Crippen molar-refractivity contribution in [3.63, 3.8) is 0 Å². The Kier molecular flexibility index (Phi) is 1.21. The summed E-state index contributed by atoms with van der Waals surface area (Å²) < 4.78 is 5.72. The molecule has 2 heteroatoms. The molecule has 4 aliphatic rings. The van der Waals surface area contributed by atoms with Gasteiger partial charge in [-0.1, -0.05) is 0 Å². The maximum Gasteiger partial charge on any atom is 0.303 e. The van der Waals surface area contributed by atoms with Crippen LogP contribution in [0.25, 0.3) is 0 Å². The summed E-state index contributed by atoms with van der Waals surface area (Å²) in [5, 5.41) is 0. The minimum absolute atomic E-state index is 0.0814. The zero-order chi connectivity index (χ0) is 10.4. The van der Waals surface area contributed by atoms with Crippen molar-refractivity contribution in [3.05, 3.63) is 0 Å². The number of hydrogen-bond acceptors (Lipinski definition) is 2. The van der Waals surface area contributed by atoms with Crippen LogP contribution in [-0.4, -0.2) is 11.6 Å². The standard InChI is InChI=1S/C13H18O2/c1-7(14)15-12(2)9-3-8-5-13(6-11(12)13)10(8)4-9/h8-11H,3-6H2,1-2H3. The van der Waals surface area contributed by atoms with Crippen LogP contribution in [0.3, 0.4) is 0 Å². The Hall–Kier alpha value is -0.530. The Bertz CT molecular complexity index is 360. The summed E-state index contributed by atoms with van der Waals surface area (Å²) in [6.07, 6.45) is 5.45. The van der Waals surface area contributed by atoms with Crippen molar-refractivity contribution in [1.29, 1.82) is 0 Å². The Morgan fingerprint density at radius 3 is 2.87 bits per heavy atom. The highest BCUT2D eigenvalue weighted by atomic mass is 16.6. The van der Waals surface area contributed by atoms with Crippen molar-refractivity contribution in [1.82, 2.24) is 0 Å². The van der Waals surface area contributed by atoms with Gasteiger partial charge in [0.15, 0.2) is 0 Å². The van der Waals surface area contributed by atoms with Gasteiger partial charge < -0.3 is 4.74 Å². The van der Waals surface area contributed by atoms with Crippen molar-refractivity contribution < 1.29 is 9.53 Å². The Balaban J connectivity index is 1.73. The quantitative estimate of drug-likeness (QED) is 0.616. The molecule has 0 radical (unpaired) electrons. The molecule has 0 heterocycles. The van der Waals surface area contributed by atoms with Gasteiger partial charge in [-0.2, -0.15) is 0 Å². The summed E-state index contributed by atoms with van der Waals surface area (Å²) >= 11 is 0. The van der Waals surface area contributed by atoms with E-state index in [0.29, 0.717) is 17.3 Å². The van der Waals surface area contributed by atoms with Gasteiger partial charge in [-0.05, 0) is 55.8 Å². The molecule has 4 aliphatic carbocycles. The average molecular weight is 206 g/mol.